The van der Waals surface area contributed by atoms with Crippen LogP contribution < -0.4 is 10.6 Å². The number of amides is 3. The predicted molar refractivity (Wildman–Crippen MR) is 103 cm³/mol. The summed E-state index contributed by atoms with van der Waals surface area (Å²) in [6.45, 7) is 11.0. The summed E-state index contributed by atoms with van der Waals surface area (Å²) in [6, 6.07) is -1.66. The highest BCUT2D eigenvalue weighted by atomic mass is 16.6. The van der Waals surface area contributed by atoms with Gasteiger partial charge in [0.05, 0.1) is 0 Å². The van der Waals surface area contributed by atoms with E-state index in [0.29, 0.717) is 25.9 Å². The van der Waals surface area contributed by atoms with Crippen molar-refractivity contribution in [2.24, 2.45) is 11.8 Å². The van der Waals surface area contributed by atoms with Crippen LogP contribution in [0, 0.1) is 11.8 Å². The summed E-state index contributed by atoms with van der Waals surface area (Å²) in [6.07, 6.45) is 0.235. The van der Waals surface area contributed by atoms with E-state index in [9.17, 15) is 24.3 Å². The lowest BCUT2D eigenvalue weighted by molar-refractivity contribution is -0.144. The SMILES string of the molecule is CC(C)[C@H](NC(=O)C1CCN(C(=O)[C@H](C)NC(=O)OC(C)(C)C)CC1)C(=O)O. The largest absolute Gasteiger partial charge is 0.480 e. The number of rotatable bonds is 6. The molecule has 9 nitrogen and oxygen atoms in total. The van der Waals surface area contributed by atoms with Gasteiger partial charge >= 0.3 is 12.1 Å². The molecule has 0 unspecified atom stereocenters. The second-order valence-corrected chi connectivity index (χ2v) is 8.54. The molecular weight excluding hydrogens is 366 g/mol. The molecule has 0 saturated carbocycles. The smallest absolute Gasteiger partial charge is 0.408 e. The Hall–Kier alpha value is -2.32. The lowest BCUT2D eigenvalue weighted by Gasteiger charge is -2.34. The molecule has 1 saturated heterocycles. The first-order valence-corrected chi connectivity index (χ1v) is 9.63. The van der Waals surface area contributed by atoms with Gasteiger partial charge in [0.2, 0.25) is 11.8 Å². The zero-order valence-corrected chi connectivity index (χ0v) is 17.6. The van der Waals surface area contributed by atoms with Crippen LogP contribution in [-0.2, 0) is 19.1 Å². The third kappa shape index (κ3) is 7.36. The molecule has 2 atom stereocenters. The van der Waals surface area contributed by atoms with Crippen LogP contribution in [0.3, 0.4) is 0 Å². The van der Waals surface area contributed by atoms with E-state index < -0.39 is 29.7 Å². The van der Waals surface area contributed by atoms with E-state index in [1.165, 1.54) is 0 Å². The maximum absolute atomic E-state index is 12.5. The van der Waals surface area contributed by atoms with Gasteiger partial charge in [0.15, 0.2) is 0 Å². The van der Waals surface area contributed by atoms with Gasteiger partial charge in [0.1, 0.15) is 17.7 Å². The number of carbonyl (C=O) groups is 4. The third-order valence-corrected chi connectivity index (χ3v) is 4.51. The van der Waals surface area contributed by atoms with Gasteiger partial charge < -0.3 is 25.4 Å². The second-order valence-electron chi connectivity index (χ2n) is 8.54. The van der Waals surface area contributed by atoms with Crippen molar-refractivity contribution in [3.05, 3.63) is 0 Å². The van der Waals surface area contributed by atoms with Gasteiger partial charge in [0, 0.05) is 19.0 Å². The van der Waals surface area contributed by atoms with Gasteiger partial charge in [-0.2, -0.15) is 0 Å². The van der Waals surface area contributed by atoms with Crippen molar-refractivity contribution in [2.75, 3.05) is 13.1 Å². The first-order chi connectivity index (χ1) is 12.8. The Morgan fingerprint density at radius 3 is 2.00 bits per heavy atom. The fourth-order valence-corrected chi connectivity index (χ4v) is 2.97. The number of ether oxygens (including phenoxy) is 1. The van der Waals surface area contributed by atoms with Crippen molar-refractivity contribution in [1.29, 1.82) is 0 Å². The molecule has 9 heteroatoms. The monoisotopic (exact) mass is 399 g/mol. The summed E-state index contributed by atoms with van der Waals surface area (Å²) in [5.41, 5.74) is -0.650. The van der Waals surface area contributed by atoms with Crippen LogP contribution >= 0.6 is 0 Å². The molecule has 0 bridgehead atoms. The van der Waals surface area contributed by atoms with Crippen molar-refractivity contribution in [3.8, 4) is 0 Å². The van der Waals surface area contributed by atoms with Crippen LogP contribution in [0.1, 0.15) is 54.4 Å². The number of hydrogen-bond acceptors (Lipinski definition) is 5. The van der Waals surface area contributed by atoms with Crippen LogP contribution in [-0.4, -0.2) is 64.7 Å². The van der Waals surface area contributed by atoms with Crippen molar-refractivity contribution in [2.45, 2.75) is 72.1 Å². The summed E-state index contributed by atoms with van der Waals surface area (Å²) < 4.78 is 5.15. The molecule has 0 aromatic carbocycles. The maximum Gasteiger partial charge on any atom is 0.408 e. The molecule has 3 N–H and O–H groups in total. The number of nitrogens with zero attached hydrogens (tertiary/aromatic N) is 1. The molecule has 1 heterocycles. The molecule has 3 amide bonds. The Morgan fingerprint density at radius 1 is 1.04 bits per heavy atom. The second kappa shape index (κ2) is 9.75. The number of likely N-dealkylation sites (tertiary alicyclic amines) is 1. The molecule has 0 aromatic heterocycles. The molecule has 0 spiro atoms. The summed E-state index contributed by atoms with van der Waals surface area (Å²) in [5, 5.41) is 14.3. The van der Waals surface area contributed by atoms with E-state index in [4.69, 9.17) is 4.74 Å². The van der Waals surface area contributed by atoms with Gasteiger partial charge in [-0.15, -0.1) is 0 Å². The topological polar surface area (TPSA) is 125 Å². The minimum Gasteiger partial charge on any atom is -0.480 e. The Balaban J connectivity index is 2.52. The Labute approximate surface area is 166 Å². The van der Waals surface area contributed by atoms with Crippen molar-refractivity contribution in [1.82, 2.24) is 15.5 Å². The zero-order chi connectivity index (χ0) is 21.6. The maximum atomic E-state index is 12.5. The Kier molecular flexibility index (Phi) is 8.26. The van der Waals surface area contributed by atoms with Crippen molar-refractivity contribution < 1.29 is 29.0 Å². The van der Waals surface area contributed by atoms with E-state index >= 15 is 0 Å². The Morgan fingerprint density at radius 2 is 1.57 bits per heavy atom. The normalized spacial score (nSPS) is 17.6. The molecule has 160 valence electrons. The number of carbonyl (C=O) groups excluding carboxylic acids is 3. The molecule has 28 heavy (non-hydrogen) atoms. The third-order valence-electron chi connectivity index (χ3n) is 4.51. The quantitative estimate of drug-likeness (QED) is 0.619. The lowest BCUT2D eigenvalue weighted by atomic mass is 9.94. The van der Waals surface area contributed by atoms with Crippen LogP contribution in [0.25, 0.3) is 0 Å². The molecule has 1 fully saturated rings. The van der Waals surface area contributed by atoms with Gasteiger partial charge in [-0.05, 0) is 46.5 Å². The fourth-order valence-electron chi connectivity index (χ4n) is 2.97. The van der Waals surface area contributed by atoms with Gasteiger partial charge in [-0.3, -0.25) is 9.59 Å². The minimum absolute atomic E-state index is 0.220. The number of alkyl carbamates (subject to hydrolysis) is 1. The zero-order valence-electron chi connectivity index (χ0n) is 17.6. The van der Waals surface area contributed by atoms with Crippen LogP contribution in [0.4, 0.5) is 4.79 Å². The molecule has 1 aliphatic rings. The van der Waals surface area contributed by atoms with Crippen LogP contribution in [0.2, 0.25) is 0 Å². The number of hydrogen-bond donors (Lipinski definition) is 3. The molecule has 0 aromatic rings. The molecule has 1 rings (SSSR count). The first kappa shape index (κ1) is 23.7. The minimum atomic E-state index is -1.06. The summed E-state index contributed by atoms with van der Waals surface area (Å²) in [5.74, 6) is -2.15. The highest BCUT2D eigenvalue weighted by Crippen LogP contribution is 2.19. The van der Waals surface area contributed by atoms with Crippen molar-refractivity contribution in [3.63, 3.8) is 0 Å². The standard InChI is InChI=1S/C19H33N3O6/c1-11(2)14(17(25)26)21-15(23)13-7-9-22(10-8-13)16(24)12(3)20-18(27)28-19(4,5)6/h11-14H,7-10H2,1-6H3,(H,20,27)(H,21,23)(H,25,26)/t12-,14-/m0/s1. The van der Waals surface area contributed by atoms with E-state index in [0.717, 1.165) is 0 Å². The van der Waals surface area contributed by atoms with E-state index in [1.807, 2.05) is 0 Å². The summed E-state index contributed by atoms with van der Waals surface area (Å²) in [7, 11) is 0. The highest BCUT2D eigenvalue weighted by molar-refractivity contribution is 5.87. The van der Waals surface area contributed by atoms with E-state index in [2.05, 4.69) is 10.6 Å². The van der Waals surface area contributed by atoms with Gasteiger partial charge in [-0.25, -0.2) is 9.59 Å². The molecule has 0 radical (unpaired) electrons. The van der Waals surface area contributed by atoms with Gasteiger partial charge in [0.25, 0.3) is 0 Å². The van der Waals surface area contributed by atoms with Crippen LogP contribution in [0.5, 0.6) is 0 Å². The van der Waals surface area contributed by atoms with E-state index in [-0.39, 0.29) is 23.7 Å². The van der Waals surface area contributed by atoms with Crippen molar-refractivity contribution >= 4 is 23.9 Å². The first-order valence-electron chi connectivity index (χ1n) is 9.63. The molecule has 0 aliphatic carbocycles. The number of aliphatic carboxylic acids is 1. The van der Waals surface area contributed by atoms with E-state index in [1.54, 1.807) is 46.4 Å². The van der Waals surface area contributed by atoms with Crippen LogP contribution in [0.15, 0.2) is 0 Å². The summed E-state index contributed by atoms with van der Waals surface area (Å²) in [4.78, 5) is 49.5. The average molecular weight is 399 g/mol. The number of nitrogens with one attached hydrogen (secondary N) is 2. The highest BCUT2D eigenvalue weighted by Gasteiger charge is 2.32. The number of carboxylic acids is 1. The fraction of sp³-hybridized carbons (Fsp3) is 0.789. The molecular formula is C19H33N3O6. The predicted octanol–water partition coefficient (Wildman–Crippen LogP) is 1.36. The molecule has 1 aliphatic heterocycles. The Bertz CT molecular complexity index is 591. The number of piperidine rings is 1. The lowest BCUT2D eigenvalue weighted by Crippen LogP contribution is -2.52. The summed E-state index contributed by atoms with van der Waals surface area (Å²) >= 11 is 0. The average Bonchev–Trinajstić information content (AvgIpc) is 2.56. The number of carboxylic acid groups (broad SMARTS) is 1. The van der Waals surface area contributed by atoms with Gasteiger partial charge in [-0.1, -0.05) is 13.8 Å².